The van der Waals surface area contributed by atoms with Crippen LogP contribution in [-0.2, 0) is 26.0 Å². The highest BCUT2D eigenvalue weighted by atomic mass is 32.2. The van der Waals surface area contributed by atoms with Crippen molar-refractivity contribution >= 4 is 33.2 Å². The molecule has 1 aromatic carbocycles. The molecule has 1 aliphatic rings. The van der Waals surface area contributed by atoms with Gasteiger partial charge in [0.25, 0.3) is 10.0 Å². The fourth-order valence-electron chi connectivity index (χ4n) is 3.72. The van der Waals surface area contributed by atoms with Gasteiger partial charge in [-0.3, -0.25) is 4.79 Å². The molecule has 2 aromatic heterocycles. The Balaban J connectivity index is 1.38. The number of thiophene rings is 1. The summed E-state index contributed by atoms with van der Waals surface area (Å²) in [6.07, 6.45) is 0.194. The summed E-state index contributed by atoms with van der Waals surface area (Å²) in [7, 11) is -1.38. The zero-order valence-corrected chi connectivity index (χ0v) is 21.0. The molecule has 0 spiro atoms. The highest BCUT2D eigenvalue weighted by molar-refractivity contribution is 7.91. The van der Waals surface area contributed by atoms with Gasteiger partial charge in [0, 0.05) is 44.0 Å². The number of hydrogen-bond acceptors (Lipinski definition) is 10. The largest absolute Gasteiger partial charge is 0.494 e. The topological polar surface area (TPSA) is 132 Å². The van der Waals surface area contributed by atoms with Crippen LogP contribution in [0.15, 0.2) is 38.4 Å². The number of ether oxygens (including phenoxy) is 2. The predicted octanol–water partition coefficient (Wildman–Crippen LogP) is 1.98. The van der Waals surface area contributed by atoms with Crippen LogP contribution < -0.4 is 4.74 Å². The maximum Gasteiger partial charge on any atom is 0.342 e. The van der Waals surface area contributed by atoms with E-state index >= 15 is 0 Å². The number of hydrogen-bond donors (Lipinski definition) is 0. The summed E-state index contributed by atoms with van der Waals surface area (Å²) in [5.74, 6) is 0.169. The third-order valence-corrected chi connectivity index (χ3v) is 8.96. The minimum atomic E-state index is -3.90. The molecule has 1 fully saturated rings. The lowest BCUT2D eigenvalue weighted by atomic mass is 10.1. The van der Waals surface area contributed by atoms with Gasteiger partial charge in [0.05, 0.1) is 20.6 Å². The van der Waals surface area contributed by atoms with Crippen LogP contribution in [0.25, 0.3) is 11.4 Å². The molecule has 0 bridgehead atoms. The smallest absolute Gasteiger partial charge is 0.342 e. The monoisotopic (exact) mass is 520 g/mol. The number of aryl methyl sites for hydroxylation is 1. The van der Waals surface area contributed by atoms with E-state index in [1.165, 1.54) is 23.9 Å². The van der Waals surface area contributed by atoms with Gasteiger partial charge in [-0.2, -0.15) is 9.29 Å². The van der Waals surface area contributed by atoms with Gasteiger partial charge in [0.15, 0.2) is 9.96 Å². The Bertz CT molecular complexity index is 1320. The van der Waals surface area contributed by atoms with Gasteiger partial charge in [0.1, 0.15) is 5.56 Å². The molecule has 3 heterocycles. The van der Waals surface area contributed by atoms with Gasteiger partial charge >= 0.3 is 5.97 Å². The van der Waals surface area contributed by atoms with Crippen molar-refractivity contribution in [2.45, 2.75) is 17.6 Å². The van der Waals surface area contributed by atoms with Crippen LogP contribution >= 0.6 is 11.3 Å². The van der Waals surface area contributed by atoms with E-state index in [1.54, 1.807) is 11.8 Å². The molecular weight excluding hydrogens is 496 g/mol. The van der Waals surface area contributed by atoms with Gasteiger partial charge < -0.3 is 18.9 Å². The lowest BCUT2D eigenvalue weighted by Crippen LogP contribution is -2.50. The Morgan fingerprint density at radius 2 is 1.80 bits per heavy atom. The number of rotatable bonds is 7. The minimum Gasteiger partial charge on any atom is -0.494 e. The standard InChI is InChI=1S/C22H24N4O7S2/c1-14-23-20(24-33-14)16-6-4-15(5-7-16)12-18(27)25-8-10-26(11-9-25)35(29,30)22-19(31-2)17(13-34-22)21(28)32-3/h4-7,13H,8-12H2,1-3H3. The first-order valence-electron chi connectivity index (χ1n) is 10.7. The third-order valence-electron chi connectivity index (χ3n) is 5.58. The zero-order valence-electron chi connectivity index (χ0n) is 19.4. The van der Waals surface area contributed by atoms with Gasteiger partial charge in [-0.05, 0) is 5.56 Å². The molecule has 4 rings (SSSR count). The molecular formula is C22H24N4O7S2. The third kappa shape index (κ3) is 5.06. The van der Waals surface area contributed by atoms with Gasteiger partial charge in [-0.1, -0.05) is 29.4 Å². The van der Waals surface area contributed by atoms with Gasteiger partial charge in [0.2, 0.25) is 17.6 Å². The fraction of sp³-hybridized carbons (Fsp3) is 0.364. The first-order valence-corrected chi connectivity index (χ1v) is 13.0. The van der Waals surface area contributed by atoms with Crippen LogP contribution in [0.3, 0.4) is 0 Å². The second kappa shape index (κ2) is 10.1. The average molecular weight is 521 g/mol. The summed E-state index contributed by atoms with van der Waals surface area (Å²) < 4.78 is 42.5. The van der Waals surface area contributed by atoms with E-state index in [9.17, 15) is 18.0 Å². The van der Waals surface area contributed by atoms with Crippen LogP contribution in [0.5, 0.6) is 5.75 Å². The number of methoxy groups -OCH3 is 2. The van der Waals surface area contributed by atoms with Crippen molar-refractivity contribution in [3.05, 3.63) is 46.7 Å². The number of nitrogens with zero attached hydrogens (tertiary/aromatic N) is 4. The molecule has 35 heavy (non-hydrogen) atoms. The summed E-state index contributed by atoms with van der Waals surface area (Å²) in [5.41, 5.74) is 1.68. The maximum absolute atomic E-state index is 13.2. The van der Waals surface area contributed by atoms with Crippen LogP contribution in [0, 0.1) is 6.92 Å². The lowest BCUT2D eigenvalue weighted by Gasteiger charge is -2.34. The van der Waals surface area contributed by atoms with Crippen molar-refractivity contribution in [3.63, 3.8) is 0 Å². The number of benzene rings is 1. The SMILES string of the molecule is COC(=O)c1csc(S(=O)(=O)N2CCN(C(=O)Cc3ccc(-c4noc(C)n4)cc3)CC2)c1OC. The van der Waals surface area contributed by atoms with Crippen LogP contribution in [0.1, 0.15) is 21.8 Å². The molecule has 0 aliphatic carbocycles. The van der Waals surface area contributed by atoms with Crippen LogP contribution in [0.4, 0.5) is 0 Å². The van der Waals surface area contributed by atoms with E-state index in [-0.39, 0.29) is 54.0 Å². The predicted molar refractivity (Wildman–Crippen MR) is 126 cm³/mol. The number of piperazine rings is 1. The van der Waals surface area contributed by atoms with E-state index in [0.717, 1.165) is 22.5 Å². The molecule has 0 unspecified atom stereocenters. The van der Waals surface area contributed by atoms with Crippen molar-refractivity contribution in [2.24, 2.45) is 0 Å². The number of carbonyl (C=O) groups is 2. The van der Waals surface area contributed by atoms with Crippen molar-refractivity contribution in [3.8, 4) is 17.1 Å². The van der Waals surface area contributed by atoms with Crippen LogP contribution in [-0.4, -0.2) is 80.0 Å². The highest BCUT2D eigenvalue weighted by Gasteiger charge is 2.35. The Morgan fingerprint density at radius 3 is 2.37 bits per heavy atom. The number of amides is 1. The molecule has 0 radical (unpaired) electrons. The first-order chi connectivity index (χ1) is 16.7. The second-order valence-corrected chi connectivity index (χ2v) is 10.8. The van der Waals surface area contributed by atoms with E-state index in [4.69, 9.17) is 14.0 Å². The number of sulfonamides is 1. The van der Waals surface area contributed by atoms with E-state index in [1.807, 2.05) is 24.3 Å². The summed E-state index contributed by atoms with van der Waals surface area (Å²) in [4.78, 5) is 30.6. The Morgan fingerprint density at radius 1 is 1.11 bits per heavy atom. The normalized spacial score (nSPS) is 14.7. The van der Waals surface area contributed by atoms with E-state index in [0.29, 0.717) is 11.7 Å². The summed E-state index contributed by atoms with van der Waals surface area (Å²) >= 11 is 0.904. The molecule has 1 amide bonds. The molecule has 0 saturated carbocycles. The molecule has 0 N–H and O–H groups in total. The Kier molecular flexibility index (Phi) is 7.19. The summed E-state index contributed by atoms with van der Waals surface area (Å²) in [5, 5.41) is 5.28. The highest BCUT2D eigenvalue weighted by Crippen LogP contribution is 2.37. The van der Waals surface area contributed by atoms with Gasteiger partial charge in [-0.25, -0.2) is 13.2 Å². The van der Waals surface area contributed by atoms with Gasteiger partial charge in [-0.15, -0.1) is 11.3 Å². The second-order valence-electron chi connectivity index (χ2n) is 7.76. The molecule has 1 aliphatic heterocycles. The van der Waals surface area contributed by atoms with Crippen molar-refractivity contribution in [2.75, 3.05) is 40.4 Å². The van der Waals surface area contributed by atoms with Crippen LogP contribution in [0.2, 0.25) is 0 Å². The number of carbonyl (C=O) groups excluding carboxylic acids is 2. The molecule has 11 nitrogen and oxygen atoms in total. The summed E-state index contributed by atoms with van der Waals surface area (Å²) in [6, 6.07) is 7.33. The molecule has 3 aromatic rings. The minimum absolute atomic E-state index is 0.0280. The Hall–Kier alpha value is -3.29. The van der Waals surface area contributed by atoms with Crippen molar-refractivity contribution in [1.29, 1.82) is 0 Å². The maximum atomic E-state index is 13.2. The van der Waals surface area contributed by atoms with E-state index < -0.39 is 16.0 Å². The lowest BCUT2D eigenvalue weighted by molar-refractivity contribution is -0.131. The quantitative estimate of drug-likeness (QED) is 0.429. The summed E-state index contributed by atoms with van der Waals surface area (Å²) in [6.45, 7) is 2.51. The molecule has 186 valence electrons. The average Bonchev–Trinajstić information content (AvgIpc) is 3.50. The Labute approximate surface area is 206 Å². The van der Waals surface area contributed by atoms with Crippen molar-refractivity contribution < 1.29 is 32.0 Å². The van der Waals surface area contributed by atoms with E-state index in [2.05, 4.69) is 10.1 Å². The van der Waals surface area contributed by atoms with Crippen molar-refractivity contribution in [1.82, 2.24) is 19.3 Å². The molecule has 1 saturated heterocycles. The molecule has 13 heteroatoms. The number of aromatic nitrogens is 2. The number of esters is 1. The fourth-order valence-corrected chi connectivity index (χ4v) is 6.70. The first kappa shape index (κ1) is 24.8. The zero-order chi connectivity index (χ0) is 25.2. The molecule has 0 atom stereocenters.